The molecule has 0 atom stereocenters. The van der Waals surface area contributed by atoms with E-state index in [4.69, 9.17) is 9.26 Å². The molecule has 0 N–H and O–H groups in total. The lowest BCUT2D eigenvalue weighted by Crippen LogP contribution is -2.09. The molecule has 1 fully saturated rings. The van der Waals surface area contributed by atoms with Gasteiger partial charge in [0, 0.05) is 11.0 Å². The molecular formula is C12H17NO3. The van der Waals surface area contributed by atoms with Crippen LogP contribution in [-0.2, 0) is 16.6 Å². The third-order valence-corrected chi connectivity index (χ3v) is 3.16. The van der Waals surface area contributed by atoms with Gasteiger partial charge in [0.2, 0.25) is 0 Å². The van der Waals surface area contributed by atoms with Gasteiger partial charge in [0.05, 0.1) is 6.61 Å². The molecule has 0 spiro atoms. The van der Waals surface area contributed by atoms with Crippen LogP contribution < -0.4 is 0 Å². The first-order chi connectivity index (χ1) is 7.62. The van der Waals surface area contributed by atoms with E-state index < -0.39 is 0 Å². The number of hydrogen-bond donors (Lipinski definition) is 0. The number of esters is 1. The second-order valence-electron chi connectivity index (χ2n) is 4.47. The zero-order valence-corrected chi connectivity index (χ0v) is 10.0. The molecule has 1 aromatic heterocycles. The van der Waals surface area contributed by atoms with Crippen LogP contribution in [0.2, 0.25) is 0 Å². The third-order valence-electron chi connectivity index (χ3n) is 3.16. The molecule has 0 saturated heterocycles. The molecule has 4 nitrogen and oxygen atoms in total. The fraction of sp³-hybridized carbons (Fsp3) is 0.667. The molecule has 0 unspecified atom stereocenters. The zero-order chi connectivity index (χ0) is 11.8. The van der Waals surface area contributed by atoms with Crippen molar-refractivity contribution in [2.75, 3.05) is 6.61 Å². The van der Waals surface area contributed by atoms with Gasteiger partial charge in [-0.2, -0.15) is 0 Å². The van der Waals surface area contributed by atoms with Gasteiger partial charge < -0.3 is 9.26 Å². The Morgan fingerprint density at radius 3 is 2.69 bits per heavy atom. The average Bonchev–Trinajstić information content (AvgIpc) is 2.85. The van der Waals surface area contributed by atoms with Gasteiger partial charge >= 0.3 is 5.97 Å². The summed E-state index contributed by atoms with van der Waals surface area (Å²) >= 11 is 0. The van der Waals surface area contributed by atoms with Crippen LogP contribution in [0.1, 0.15) is 55.4 Å². The van der Waals surface area contributed by atoms with Crippen molar-refractivity contribution < 1.29 is 14.1 Å². The van der Waals surface area contributed by atoms with E-state index in [1.807, 2.05) is 6.92 Å². The Morgan fingerprint density at radius 2 is 2.19 bits per heavy atom. The monoisotopic (exact) mass is 223 g/mol. The van der Waals surface area contributed by atoms with Gasteiger partial charge in [-0.05, 0) is 26.2 Å². The van der Waals surface area contributed by atoms with Gasteiger partial charge in [-0.15, -0.1) is 0 Å². The van der Waals surface area contributed by atoms with Crippen molar-refractivity contribution in [1.82, 2.24) is 5.16 Å². The van der Waals surface area contributed by atoms with Crippen molar-refractivity contribution >= 4 is 5.97 Å². The summed E-state index contributed by atoms with van der Waals surface area (Å²) in [5.74, 6) is 0.497. The van der Waals surface area contributed by atoms with Crippen molar-refractivity contribution in [3.05, 3.63) is 17.0 Å². The van der Waals surface area contributed by atoms with Crippen molar-refractivity contribution in [1.29, 1.82) is 0 Å². The number of nitrogens with zero attached hydrogens (tertiary/aromatic N) is 1. The molecule has 4 heteroatoms. The first-order valence-electron chi connectivity index (χ1n) is 5.78. The second-order valence-corrected chi connectivity index (χ2v) is 4.47. The number of carbonyl (C=O) groups excluding carboxylic acids is 1. The summed E-state index contributed by atoms with van der Waals surface area (Å²) < 4.78 is 10.3. The van der Waals surface area contributed by atoms with E-state index in [0.717, 1.165) is 30.6 Å². The molecule has 0 radical (unpaired) electrons. The van der Waals surface area contributed by atoms with Crippen LogP contribution in [0.3, 0.4) is 0 Å². The smallest absolute Gasteiger partial charge is 0.360 e. The van der Waals surface area contributed by atoms with Crippen LogP contribution in [0.25, 0.3) is 0 Å². The maximum absolute atomic E-state index is 11.6. The van der Waals surface area contributed by atoms with E-state index in [-0.39, 0.29) is 11.4 Å². The van der Waals surface area contributed by atoms with Gasteiger partial charge in [-0.3, -0.25) is 0 Å². The Hall–Kier alpha value is -1.32. The molecule has 16 heavy (non-hydrogen) atoms. The number of aromatic nitrogens is 1. The van der Waals surface area contributed by atoms with Crippen LogP contribution in [0.5, 0.6) is 0 Å². The van der Waals surface area contributed by atoms with Crippen LogP contribution in [-0.4, -0.2) is 17.7 Å². The average molecular weight is 223 g/mol. The maximum atomic E-state index is 11.6. The van der Waals surface area contributed by atoms with Crippen molar-refractivity contribution in [3.8, 4) is 0 Å². The van der Waals surface area contributed by atoms with E-state index >= 15 is 0 Å². The maximum Gasteiger partial charge on any atom is 0.360 e. The minimum absolute atomic E-state index is 0.100. The summed E-state index contributed by atoms with van der Waals surface area (Å²) in [6.45, 7) is 6.29. The van der Waals surface area contributed by atoms with Crippen LogP contribution in [0.4, 0.5) is 0 Å². The molecule has 0 bridgehead atoms. The standard InChI is InChI=1S/C12H17NO3/c1-4-8-9(11(14)15-5-2)13-16-10(8)12(3)6-7-12/h4-7H2,1-3H3. The Bertz CT molecular complexity index is 404. The predicted octanol–water partition coefficient (Wildman–Crippen LogP) is 2.47. The lowest BCUT2D eigenvalue weighted by Gasteiger charge is -2.05. The van der Waals surface area contributed by atoms with E-state index in [9.17, 15) is 4.79 Å². The molecule has 0 aromatic carbocycles. The zero-order valence-electron chi connectivity index (χ0n) is 10.0. The van der Waals surface area contributed by atoms with Crippen LogP contribution >= 0.6 is 0 Å². The summed E-state index contributed by atoms with van der Waals surface area (Å²) in [5, 5.41) is 3.86. The largest absolute Gasteiger partial charge is 0.461 e. The Labute approximate surface area is 95.0 Å². The molecular weight excluding hydrogens is 206 g/mol. The predicted molar refractivity (Wildman–Crippen MR) is 58.4 cm³/mol. The van der Waals surface area contributed by atoms with Gasteiger partial charge in [-0.25, -0.2) is 4.79 Å². The topological polar surface area (TPSA) is 52.3 Å². The number of carbonyl (C=O) groups is 1. The summed E-state index contributed by atoms with van der Waals surface area (Å²) in [5.41, 5.74) is 1.37. The number of ether oxygens (including phenoxy) is 1. The molecule has 1 saturated carbocycles. The van der Waals surface area contributed by atoms with Gasteiger partial charge in [0.15, 0.2) is 5.69 Å². The molecule has 0 amide bonds. The molecule has 1 aromatic rings. The first-order valence-corrected chi connectivity index (χ1v) is 5.78. The lowest BCUT2D eigenvalue weighted by atomic mass is 9.99. The highest BCUT2D eigenvalue weighted by Crippen LogP contribution is 2.49. The quantitative estimate of drug-likeness (QED) is 0.736. The molecule has 0 aliphatic heterocycles. The highest BCUT2D eigenvalue weighted by molar-refractivity contribution is 5.89. The minimum atomic E-state index is -0.376. The third kappa shape index (κ3) is 1.72. The highest BCUT2D eigenvalue weighted by Gasteiger charge is 2.45. The number of hydrogen-bond acceptors (Lipinski definition) is 4. The van der Waals surface area contributed by atoms with Crippen LogP contribution in [0, 0.1) is 0 Å². The molecule has 1 aliphatic carbocycles. The molecule has 88 valence electrons. The minimum Gasteiger partial charge on any atom is -0.461 e. The van der Waals surface area contributed by atoms with E-state index in [0.29, 0.717) is 12.3 Å². The summed E-state index contributed by atoms with van der Waals surface area (Å²) in [6, 6.07) is 0. The van der Waals surface area contributed by atoms with Gasteiger partial charge in [0.1, 0.15) is 5.76 Å². The first kappa shape index (κ1) is 11.2. The van der Waals surface area contributed by atoms with Gasteiger partial charge in [0.25, 0.3) is 0 Å². The van der Waals surface area contributed by atoms with Crippen LogP contribution in [0.15, 0.2) is 4.52 Å². The van der Waals surface area contributed by atoms with Crippen molar-refractivity contribution in [3.63, 3.8) is 0 Å². The fourth-order valence-electron chi connectivity index (χ4n) is 1.89. The number of rotatable bonds is 4. The second kappa shape index (κ2) is 3.92. The molecule has 1 aliphatic rings. The molecule has 1 heterocycles. The SMILES string of the molecule is CCOC(=O)c1noc(C2(C)CC2)c1CC. The van der Waals surface area contributed by atoms with E-state index in [1.54, 1.807) is 6.92 Å². The van der Waals surface area contributed by atoms with E-state index in [2.05, 4.69) is 12.1 Å². The highest BCUT2D eigenvalue weighted by atomic mass is 16.5. The fourth-order valence-corrected chi connectivity index (χ4v) is 1.89. The van der Waals surface area contributed by atoms with Crippen molar-refractivity contribution in [2.24, 2.45) is 0 Å². The van der Waals surface area contributed by atoms with Crippen molar-refractivity contribution in [2.45, 2.75) is 45.4 Å². The molecule has 2 rings (SSSR count). The van der Waals surface area contributed by atoms with E-state index in [1.165, 1.54) is 0 Å². The Balaban J connectivity index is 2.33. The Kier molecular flexibility index (Phi) is 2.74. The Morgan fingerprint density at radius 1 is 1.50 bits per heavy atom. The lowest BCUT2D eigenvalue weighted by molar-refractivity contribution is 0.0513. The van der Waals surface area contributed by atoms with Gasteiger partial charge in [-0.1, -0.05) is 19.0 Å². The summed E-state index contributed by atoms with van der Waals surface area (Å²) in [7, 11) is 0. The normalized spacial score (nSPS) is 17.2. The summed E-state index contributed by atoms with van der Waals surface area (Å²) in [6.07, 6.45) is 2.97. The summed E-state index contributed by atoms with van der Waals surface area (Å²) in [4.78, 5) is 11.6.